The molecule has 266 valence electrons. The van der Waals surface area contributed by atoms with Gasteiger partial charge < -0.3 is 4.57 Å². The van der Waals surface area contributed by atoms with E-state index in [-0.39, 0.29) is 11.8 Å². The Balaban J connectivity index is 1.18. The molecule has 0 N–H and O–H groups in total. The van der Waals surface area contributed by atoms with Gasteiger partial charge in [0.1, 0.15) is 0 Å². The molecule has 0 radical (unpaired) electrons. The fourth-order valence-corrected chi connectivity index (χ4v) is 8.20. The van der Waals surface area contributed by atoms with Gasteiger partial charge in [0.2, 0.25) is 0 Å². The van der Waals surface area contributed by atoms with Crippen LogP contribution in [-0.2, 0) is 0 Å². The van der Waals surface area contributed by atoms with Crippen LogP contribution in [0, 0.1) is 13.8 Å². The molecular weight excluding hydrogens is 685 g/mol. The lowest BCUT2D eigenvalue weighted by Crippen LogP contribution is -2.30. The minimum Gasteiger partial charge on any atom is -0.308 e. The number of rotatable bonds is 6. The molecule has 1 aromatic heterocycles. The van der Waals surface area contributed by atoms with Crippen LogP contribution < -0.4 is 4.90 Å². The molecule has 0 saturated carbocycles. The van der Waals surface area contributed by atoms with E-state index in [1.54, 1.807) is 6.07 Å². The van der Waals surface area contributed by atoms with Gasteiger partial charge in [-0.2, -0.15) is 0 Å². The van der Waals surface area contributed by atoms with E-state index in [1.165, 1.54) is 16.0 Å². The highest BCUT2D eigenvalue weighted by Crippen LogP contribution is 2.43. The number of benzene rings is 8. The lowest BCUT2D eigenvalue weighted by atomic mass is 9.97. The van der Waals surface area contributed by atoms with Crippen LogP contribution in [0.15, 0.2) is 182 Å². The van der Waals surface area contributed by atoms with Gasteiger partial charge >= 0.3 is 0 Å². The minimum absolute atomic E-state index is 0.335. The Labute approximate surface area is 325 Å². The topological polar surface area (TPSA) is 42.3 Å². The van der Waals surface area contributed by atoms with E-state index in [2.05, 4.69) is 109 Å². The summed E-state index contributed by atoms with van der Waals surface area (Å²) < 4.78 is 2.16. The maximum absolute atomic E-state index is 15.1. The van der Waals surface area contributed by atoms with E-state index in [1.807, 2.05) is 84.9 Å². The van der Waals surface area contributed by atoms with Gasteiger partial charge in [-0.05, 0) is 95.3 Å². The summed E-state index contributed by atoms with van der Waals surface area (Å²) in [6.07, 6.45) is 0. The van der Waals surface area contributed by atoms with Crippen LogP contribution in [0.3, 0.4) is 0 Å². The minimum atomic E-state index is -0.342. The monoisotopic (exact) mass is 720 g/mol. The second-order valence-corrected chi connectivity index (χ2v) is 14.6. The number of fused-ring (bicyclic) bond motifs is 4. The molecule has 4 heteroatoms. The third-order valence-corrected chi connectivity index (χ3v) is 11.1. The molecule has 8 aromatic carbocycles. The lowest BCUT2D eigenvalue weighted by molar-refractivity contribution is 0.0926. The normalized spacial score (nSPS) is 12.5. The zero-order valence-electron chi connectivity index (χ0n) is 31.0. The maximum atomic E-state index is 15.1. The van der Waals surface area contributed by atoms with Crippen molar-refractivity contribution < 1.29 is 9.59 Å². The van der Waals surface area contributed by atoms with Crippen molar-refractivity contribution in [3.63, 3.8) is 0 Å². The van der Waals surface area contributed by atoms with E-state index in [0.717, 1.165) is 66.3 Å². The Bertz CT molecular complexity index is 2890. The molecule has 1 aliphatic heterocycles. The number of nitrogens with zero attached hydrogens (tertiary/aromatic N) is 2. The van der Waals surface area contributed by atoms with Crippen molar-refractivity contribution in [3.05, 3.63) is 204 Å². The second-order valence-electron chi connectivity index (χ2n) is 14.6. The van der Waals surface area contributed by atoms with E-state index in [0.29, 0.717) is 22.5 Å². The van der Waals surface area contributed by atoms with Gasteiger partial charge in [-0.1, -0.05) is 151 Å². The first kappa shape index (κ1) is 33.3. The molecule has 2 amide bonds. The molecule has 0 fully saturated rings. The number of carbonyl (C=O) groups is 2. The Kier molecular flexibility index (Phi) is 7.86. The van der Waals surface area contributed by atoms with Gasteiger partial charge in [-0.15, -0.1) is 0 Å². The first-order valence-electron chi connectivity index (χ1n) is 18.9. The zero-order chi connectivity index (χ0) is 37.9. The Morgan fingerprint density at radius 1 is 0.357 bits per heavy atom. The van der Waals surface area contributed by atoms with Crippen LogP contribution in [0.5, 0.6) is 0 Å². The quantitative estimate of drug-likeness (QED) is 0.161. The molecule has 0 unspecified atom stereocenters. The molecular formula is C52H36N2O2. The third-order valence-electron chi connectivity index (χ3n) is 11.1. The average molecular weight is 721 g/mol. The Morgan fingerprint density at radius 2 is 0.839 bits per heavy atom. The van der Waals surface area contributed by atoms with E-state index in [4.69, 9.17) is 0 Å². The number of aryl methyl sites for hydroxylation is 2. The van der Waals surface area contributed by atoms with Crippen LogP contribution in [-0.4, -0.2) is 16.4 Å². The summed E-state index contributed by atoms with van der Waals surface area (Å²) in [4.78, 5) is 31.1. The molecule has 0 bridgehead atoms. The van der Waals surface area contributed by atoms with Gasteiger partial charge in [0.25, 0.3) is 11.8 Å². The average Bonchev–Trinajstić information content (AvgIpc) is 3.71. The standard InChI is InChI=1S/C52H36N2O2/c1-33-16-20-36(21-17-33)39-25-28-46-44(30-39)45-31-40(37-22-18-34(2)19-23-37)26-29-47(45)53(46)48-15-9-14-43-50(48)52(56)54(51(43)55)49-32-41(35-10-5-3-6-11-35)24-27-42(49)38-12-7-4-8-13-38/h3-32H,1-2H3. The summed E-state index contributed by atoms with van der Waals surface area (Å²) in [7, 11) is 0. The number of imide groups is 1. The molecule has 2 heterocycles. The number of hydrogen-bond donors (Lipinski definition) is 0. The first-order valence-corrected chi connectivity index (χ1v) is 18.9. The van der Waals surface area contributed by atoms with Gasteiger partial charge in [0.15, 0.2) is 0 Å². The van der Waals surface area contributed by atoms with Crippen LogP contribution in [0.1, 0.15) is 31.8 Å². The molecule has 1 aliphatic rings. The van der Waals surface area contributed by atoms with Crippen LogP contribution in [0.25, 0.3) is 72.0 Å². The Hall–Kier alpha value is -7.30. The molecule has 0 spiro atoms. The van der Waals surface area contributed by atoms with Crippen LogP contribution >= 0.6 is 0 Å². The summed E-state index contributed by atoms with van der Waals surface area (Å²) in [5.41, 5.74) is 14.5. The molecule has 0 aliphatic carbocycles. The van der Waals surface area contributed by atoms with Crippen molar-refractivity contribution in [2.24, 2.45) is 0 Å². The van der Waals surface area contributed by atoms with Gasteiger partial charge in [-0.25, -0.2) is 4.90 Å². The Morgan fingerprint density at radius 3 is 1.41 bits per heavy atom. The fraction of sp³-hybridized carbons (Fsp3) is 0.0385. The van der Waals surface area contributed by atoms with Crippen LogP contribution in [0.4, 0.5) is 5.69 Å². The fourth-order valence-electron chi connectivity index (χ4n) is 8.20. The second kappa shape index (κ2) is 13.2. The molecule has 56 heavy (non-hydrogen) atoms. The molecule has 10 rings (SSSR count). The molecule has 0 atom stereocenters. The summed E-state index contributed by atoms with van der Waals surface area (Å²) in [5, 5.41) is 2.14. The lowest BCUT2D eigenvalue weighted by Gasteiger charge is -2.20. The summed E-state index contributed by atoms with van der Waals surface area (Å²) in [5.74, 6) is -0.677. The van der Waals surface area contributed by atoms with Crippen molar-refractivity contribution in [2.45, 2.75) is 13.8 Å². The highest BCUT2D eigenvalue weighted by molar-refractivity contribution is 6.36. The van der Waals surface area contributed by atoms with Gasteiger partial charge in [-0.3, -0.25) is 9.59 Å². The summed E-state index contributed by atoms with van der Waals surface area (Å²) >= 11 is 0. The first-order chi connectivity index (χ1) is 27.4. The van der Waals surface area contributed by atoms with Crippen molar-refractivity contribution in [2.75, 3.05) is 4.90 Å². The third kappa shape index (κ3) is 5.46. The largest absolute Gasteiger partial charge is 0.308 e. The predicted octanol–water partition coefficient (Wildman–Crippen LogP) is 12.9. The highest BCUT2D eigenvalue weighted by atomic mass is 16.2. The van der Waals surface area contributed by atoms with Crippen molar-refractivity contribution in [3.8, 4) is 50.2 Å². The number of amides is 2. The number of carbonyl (C=O) groups excluding carboxylic acids is 2. The molecule has 0 saturated heterocycles. The van der Waals surface area contributed by atoms with Gasteiger partial charge in [0, 0.05) is 16.3 Å². The maximum Gasteiger partial charge on any atom is 0.268 e. The summed E-state index contributed by atoms with van der Waals surface area (Å²) in [6, 6.07) is 61.9. The number of hydrogen-bond acceptors (Lipinski definition) is 2. The SMILES string of the molecule is Cc1ccc(-c2ccc3c(c2)c2cc(-c4ccc(C)cc4)ccc2n3-c2cccc3c2C(=O)N(c2cc(-c4ccccc4)ccc2-c2ccccc2)C3=O)cc1. The van der Waals surface area contributed by atoms with Crippen LogP contribution in [0.2, 0.25) is 0 Å². The summed E-state index contributed by atoms with van der Waals surface area (Å²) in [6.45, 7) is 4.20. The predicted molar refractivity (Wildman–Crippen MR) is 230 cm³/mol. The van der Waals surface area contributed by atoms with E-state index in [9.17, 15) is 4.79 Å². The van der Waals surface area contributed by atoms with Crippen molar-refractivity contribution >= 4 is 39.3 Å². The number of aromatic nitrogens is 1. The smallest absolute Gasteiger partial charge is 0.268 e. The van der Waals surface area contributed by atoms with E-state index >= 15 is 4.79 Å². The van der Waals surface area contributed by atoms with Crippen molar-refractivity contribution in [1.29, 1.82) is 0 Å². The zero-order valence-corrected chi connectivity index (χ0v) is 31.0. The molecule has 4 nitrogen and oxygen atoms in total. The van der Waals surface area contributed by atoms with Crippen molar-refractivity contribution in [1.82, 2.24) is 4.57 Å². The highest BCUT2D eigenvalue weighted by Gasteiger charge is 2.40. The number of anilines is 1. The molecule has 9 aromatic rings. The van der Waals surface area contributed by atoms with Gasteiger partial charge in [0.05, 0.1) is 33.5 Å². The van der Waals surface area contributed by atoms with E-state index < -0.39 is 0 Å².